The second-order valence-electron chi connectivity index (χ2n) is 7.55. The van der Waals surface area contributed by atoms with Crippen molar-refractivity contribution in [3.8, 4) is 17.2 Å². The molecule has 3 N–H and O–H groups in total. The Morgan fingerprint density at radius 3 is 2.52 bits per heavy atom. The number of methoxy groups -OCH3 is 1. The molecule has 2 amide bonds. The zero-order chi connectivity index (χ0) is 23.2. The van der Waals surface area contributed by atoms with Gasteiger partial charge in [0.1, 0.15) is 5.75 Å². The smallest absolute Gasteiger partial charge is 0.255 e. The number of hydrogen-bond acceptors (Lipinski definition) is 6. The summed E-state index contributed by atoms with van der Waals surface area (Å²) in [5, 5.41) is 8.99. The highest BCUT2D eigenvalue weighted by Crippen LogP contribution is 2.32. The van der Waals surface area contributed by atoms with Crippen LogP contribution in [0, 0.1) is 0 Å². The Bertz CT molecular complexity index is 1180. The van der Waals surface area contributed by atoms with Crippen LogP contribution < -0.4 is 30.2 Å². The van der Waals surface area contributed by atoms with Crippen molar-refractivity contribution in [1.29, 1.82) is 0 Å². The van der Waals surface area contributed by atoms with Crippen LogP contribution in [0.25, 0.3) is 0 Å². The molecule has 170 valence electrons. The van der Waals surface area contributed by atoms with Crippen LogP contribution in [0.15, 0.2) is 60.7 Å². The number of hydrogen-bond donors (Lipinski definition) is 3. The predicted molar refractivity (Wildman–Crippen MR) is 125 cm³/mol. The van der Waals surface area contributed by atoms with Gasteiger partial charge in [0.05, 0.1) is 12.8 Å². The van der Waals surface area contributed by atoms with Crippen LogP contribution in [0.1, 0.15) is 28.4 Å². The van der Waals surface area contributed by atoms with Gasteiger partial charge < -0.3 is 30.2 Å². The Labute approximate surface area is 191 Å². The van der Waals surface area contributed by atoms with E-state index in [1.165, 1.54) is 6.92 Å². The number of fused-ring (bicyclic) bond motifs is 1. The van der Waals surface area contributed by atoms with E-state index < -0.39 is 0 Å². The zero-order valence-corrected chi connectivity index (χ0v) is 18.4. The number of amides is 2. The maximum absolute atomic E-state index is 13.0. The van der Waals surface area contributed by atoms with Crippen molar-refractivity contribution >= 4 is 23.2 Å². The molecule has 3 aromatic carbocycles. The number of ether oxygens (including phenoxy) is 3. The lowest BCUT2D eigenvalue weighted by Gasteiger charge is -2.13. The van der Waals surface area contributed by atoms with Gasteiger partial charge in [-0.05, 0) is 53.6 Å². The Morgan fingerprint density at radius 2 is 1.70 bits per heavy atom. The van der Waals surface area contributed by atoms with E-state index in [4.69, 9.17) is 14.2 Å². The third kappa shape index (κ3) is 5.61. The topological polar surface area (TPSA) is 97.9 Å². The van der Waals surface area contributed by atoms with Gasteiger partial charge in [0.15, 0.2) is 11.5 Å². The fraction of sp³-hybridized carbons (Fsp3) is 0.200. The molecular formula is C25H25N3O5. The van der Waals surface area contributed by atoms with Crippen molar-refractivity contribution in [2.24, 2.45) is 0 Å². The summed E-state index contributed by atoms with van der Waals surface area (Å²) in [6.45, 7) is 2.77. The molecule has 0 saturated heterocycles. The molecule has 0 radical (unpaired) electrons. The van der Waals surface area contributed by atoms with Crippen LogP contribution in [0.2, 0.25) is 0 Å². The van der Waals surface area contributed by atoms with Gasteiger partial charge in [-0.3, -0.25) is 9.59 Å². The molecule has 1 aliphatic heterocycles. The summed E-state index contributed by atoms with van der Waals surface area (Å²) in [7, 11) is 1.55. The molecule has 33 heavy (non-hydrogen) atoms. The van der Waals surface area contributed by atoms with Gasteiger partial charge >= 0.3 is 0 Å². The van der Waals surface area contributed by atoms with Gasteiger partial charge in [-0.1, -0.05) is 18.2 Å². The third-order valence-corrected chi connectivity index (χ3v) is 5.03. The summed E-state index contributed by atoms with van der Waals surface area (Å²) in [4.78, 5) is 24.6. The SMILES string of the molecule is COc1ccccc1NC(=O)c1cc(CNCc2ccc3c(c2)OCO3)cc(NC(C)=O)c1. The Kier molecular flexibility index (Phi) is 6.75. The summed E-state index contributed by atoms with van der Waals surface area (Å²) >= 11 is 0. The zero-order valence-electron chi connectivity index (χ0n) is 18.4. The highest BCUT2D eigenvalue weighted by atomic mass is 16.7. The number of nitrogens with one attached hydrogen (secondary N) is 3. The van der Waals surface area contributed by atoms with Crippen molar-refractivity contribution in [2.45, 2.75) is 20.0 Å². The van der Waals surface area contributed by atoms with E-state index in [9.17, 15) is 9.59 Å². The third-order valence-electron chi connectivity index (χ3n) is 5.03. The van der Waals surface area contributed by atoms with E-state index in [0.29, 0.717) is 35.8 Å². The maximum atomic E-state index is 13.0. The van der Waals surface area contributed by atoms with Crippen molar-refractivity contribution < 1.29 is 23.8 Å². The average molecular weight is 447 g/mol. The minimum atomic E-state index is -0.302. The standard InChI is InChI=1S/C25H25N3O5/c1-16(29)27-20-10-18(14-26-13-17-7-8-23-24(11-17)33-15-32-23)9-19(12-20)25(30)28-21-5-3-4-6-22(21)31-2/h3-12,26H,13-15H2,1-2H3,(H,27,29)(H,28,30). The second kappa shape index (κ2) is 10.1. The summed E-state index contributed by atoms with van der Waals surface area (Å²) in [6, 6.07) is 18.3. The first kappa shape index (κ1) is 22.2. The van der Waals surface area contributed by atoms with E-state index in [-0.39, 0.29) is 18.6 Å². The molecule has 0 fully saturated rings. The molecule has 0 aromatic heterocycles. The first-order chi connectivity index (χ1) is 16.0. The fourth-order valence-electron chi connectivity index (χ4n) is 3.55. The van der Waals surface area contributed by atoms with Crippen LogP contribution in [-0.4, -0.2) is 25.7 Å². The molecule has 0 saturated carbocycles. The quantitative estimate of drug-likeness (QED) is 0.484. The molecule has 8 nitrogen and oxygen atoms in total. The first-order valence-electron chi connectivity index (χ1n) is 10.5. The lowest BCUT2D eigenvalue weighted by molar-refractivity contribution is -0.114. The Morgan fingerprint density at radius 1 is 0.909 bits per heavy atom. The van der Waals surface area contributed by atoms with Crippen LogP contribution in [0.3, 0.4) is 0 Å². The van der Waals surface area contributed by atoms with Crippen LogP contribution >= 0.6 is 0 Å². The van der Waals surface area contributed by atoms with Crippen molar-refractivity contribution in [2.75, 3.05) is 24.5 Å². The highest BCUT2D eigenvalue weighted by molar-refractivity contribution is 6.06. The van der Waals surface area contributed by atoms with Crippen molar-refractivity contribution in [3.63, 3.8) is 0 Å². The van der Waals surface area contributed by atoms with Gasteiger partial charge in [-0.25, -0.2) is 0 Å². The molecule has 8 heteroatoms. The van der Waals surface area contributed by atoms with E-state index in [0.717, 1.165) is 22.6 Å². The number of rotatable bonds is 8. The molecular weight excluding hydrogens is 422 g/mol. The molecule has 0 bridgehead atoms. The summed E-state index contributed by atoms with van der Waals surface area (Å²) in [6.07, 6.45) is 0. The highest BCUT2D eigenvalue weighted by Gasteiger charge is 2.14. The Balaban J connectivity index is 1.48. The molecule has 3 aromatic rings. The minimum absolute atomic E-state index is 0.212. The summed E-state index contributed by atoms with van der Waals surface area (Å²) in [5.41, 5.74) is 3.44. The van der Waals surface area contributed by atoms with Crippen molar-refractivity contribution in [3.05, 3.63) is 77.4 Å². The van der Waals surface area contributed by atoms with Crippen LogP contribution in [0.4, 0.5) is 11.4 Å². The van der Waals surface area contributed by atoms with Crippen LogP contribution in [-0.2, 0) is 17.9 Å². The summed E-state index contributed by atoms with van der Waals surface area (Å²) < 4.78 is 16.1. The van der Waals surface area contributed by atoms with E-state index in [1.807, 2.05) is 36.4 Å². The van der Waals surface area contributed by atoms with Gasteiger partial charge in [0, 0.05) is 31.3 Å². The first-order valence-corrected chi connectivity index (χ1v) is 10.5. The number of anilines is 2. The molecule has 0 unspecified atom stereocenters. The lowest BCUT2D eigenvalue weighted by atomic mass is 10.1. The number of carbonyl (C=O) groups is 2. The Hall–Kier alpha value is -4.04. The second-order valence-corrected chi connectivity index (χ2v) is 7.55. The van der Waals surface area contributed by atoms with Gasteiger partial charge in [0.2, 0.25) is 12.7 Å². The fourth-order valence-corrected chi connectivity index (χ4v) is 3.55. The van der Waals surface area contributed by atoms with Gasteiger partial charge in [-0.2, -0.15) is 0 Å². The van der Waals surface area contributed by atoms with Crippen LogP contribution in [0.5, 0.6) is 17.2 Å². The molecule has 1 heterocycles. The van der Waals surface area contributed by atoms with E-state index >= 15 is 0 Å². The van der Waals surface area contributed by atoms with E-state index in [1.54, 1.807) is 31.4 Å². The number of para-hydroxylation sites is 2. The molecule has 1 aliphatic rings. The van der Waals surface area contributed by atoms with E-state index in [2.05, 4.69) is 16.0 Å². The maximum Gasteiger partial charge on any atom is 0.255 e. The number of carbonyl (C=O) groups excluding carboxylic acids is 2. The van der Waals surface area contributed by atoms with Gasteiger partial charge in [0.25, 0.3) is 5.91 Å². The predicted octanol–water partition coefficient (Wildman–Crippen LogP) is 3.92. The molecule has 0 aliphatic carbocycles. The summed E-state index contributed by atoms with van der Waals surface area (Å²) in [5.74, 6) is 1.53. The normalized spacial score (nSPS) is 11.7. The lowest BCUT2D eigenvalue weighted by Crippen LogP contribution is -2.17. The monoisotopic (exact) mass is 447 g/mol. The molecule has 4 rings (SSSR count). The minimum Gasteiger partial charge on any atom is -0.495 e. The molecule has 0 spiro atoms. The van der Waals surface area contributed by atoms with Gasteiger partial charge in [-0.15, -0.1) is 0 Å². The number of benzene rings is 3. The molecule has 0 atom stereocenters. The van der Waals surface area contributed by atoms with Crippen molar-refractivity contribution in [1.82, 2.24) is 5.32 Å². The largest absolute Gasteiger partial charge is 0.495 e. The average Bonchev–Trinajstić information content (AvgIpc) is 3.27.